The van der Waals surface area contributed by atoms with Crippen LogP contribution in [0.4, 0.5) is 27.6 Å². The fourth-order valence-corrected chi connectivity index (χ4v) is 3.05. The van der Waals surface area contributed by atoms with Crippen LogP contribution in [0.15, 0.2) is 23.0 Å². The van der Waals surface area contributed by atoms with Gasteiger partial charge in [-0.2, -0.15) is 27.2 Å². The van der Waals surface area contributed by atoms with Crippen LogP contribution in [0, 0.1) is 11.3 Å². The molecular weight excluding hydrogens is 430 g/mol. The van der Waals surface area contributed by atoms with Crippen LogP contribution < -0.4 is 10.7 Å². The summed E-state index contributed by atoms with van der Waals surface area (Å²) < 4.78 is 64.3. The molecule has 2 N–H and O–H groups in total. The summed E-state index contributed by atoms with van der Waals surface area (Å²) >= 11 is 17.4. The number of amides is 1. The Morgan fingerprint density at radius 1 is 1.23 bits per heavy atom. The van der Waals surface area contributed by atoms with Gasteiger partial charge in [-0.25, -0.2) is 10.0 Å². The number of rotatable bonds is 2. The molecule has 0 fully saturated rings. The van der Waals surface area contributed by atoms with Gasteiger partial charge in [0.25, 0.3) is 0 Å². The first-order valence-corrected chi connectivity index (χ1v) is 7.57. The van der Waals surface area contributed by atoms with E-state index < -0.39 is 56.7 Å². The third-order valence-electron chi connectivity index (χ3n) is 3.26. The molecule has 1 amide bonds. The highest BCUT2D eigenvalue weighted by Crippen LogP contribution is 2.44. The lowest BCUT2D eigenvalue weighted by Crippen LogP contribution is -2.50. The molecule has 1 atom stereocenters. The van der Waals surface area contributed by atoms with Crippen molar-refractivity contribution in [1.82, 2.24) is 5.01 Å². The van der Waals surface area contributed by atoms with Gasteiger partial charge in [0.05, 0.1) is 26.7 Å². The van der Waals surface area contributed by atoms with Crippen molar-refractivity contribution in [1.29, 1.82) is 5.26 Å². The molecule has 1 heterocycles. The molecular formula is C13H6Cl3F5N4O. The molecule has 5 nitrogen and oxygen atoms in total. The first-order chi connectivity index (χ1) is 11.9. The number of carbonyl (C=O) groups excluding carboxylic acids is 1. The summed E-state index contributed by atoms with van der Waals surface area (Å²) in [5.41, 5.74) is 3.93. The molecule has 13 heteroatoms. The predicted octanol–water partition coefficient (Wildman–Crippen LogP) is 4.10. The van der Waals surface area contributed by atoms with E-state index in [0.717, 1.165) is 0 Å². The normalized spacial score (nSPS) is 17.9. The summed E-state index contributed by atoms with van der Waals surface area (Å²) in [7, 11) is 0. The zero-order valence-electron chi connectivity index (χ0n) is 12.2. The van der Waals surface area contributed by atoms with Crippen molar-refractivity contribution in [2.75, 3.05) is 5.01 Å². The highest BCUT2D eigenvalue weighted by Gasteiger charge is 2.46. The lowest BCUT2D eigenvalue weighted by Gasteiger charge is -2.33. The first kappa shape index (κ1) is 20.4. The third kappa shape index (κ3) is 3.34. The van der Waals surface area contributed by atoms with Gasteiger partial charge in [-0.3, -0.25) is 4.79 Å². The minimum absolute atomic E-state index is 0.183. The zero-order valence-corrected chi connectivity index (χ0v) is 14.4. The van der Waals surface area contributed by atoms with Crippen molar-refractivity contribution >= 4 is 46.4 Å². The van der Waals surface area contributed by atoms with Gasteiger partial charge < -0.3 is 5.73 Å². The van der Waals surface area contributed by atoms with E-state index in [1.165, 1.54) is 6.07 Å². The number of alkyl halides is 5. The van der Waals surface area contributed by atoms with Crippen molar-refractivity contribution in [2.45, 2.75) is 18.6 Å². The number of hydrogen-bond acceptors (Lipinski definition) is 4. The van der Waals surface area contributed by atoms with E-state index in [1.807, 2.05) is 0 Å². The Kier molecular flexibility index (Phi) is 5.46. The van der Waals surface area contributed by atoms with E-state index in [2.05, 4.69) is 0 Å². The number of benzene rings is 1. The topological polar surface area (TPSA) is 73.4 Å². The number of hydrazine groups is 1. The maximum absolute atomic E-state index is 12.9. The average molecular weight is 436 g/mol. The standard InChI is InChI=1S/C13H6Cl3F5N4O/c14-5-1-4(13(19,20)21)2-6(15)9(5)25-11(23)8(16)7(3-22)24(25)12(26)10(17)18/h1-2,7,10H,23H2. The number of carbonyl (C=O) groups is 1. The number of halogens is 8. The molecule has 140 valence electrons. The Morgan fingerprint density at radius 2 is 1.73 bits per heavy atom. The van der Waals surface area contributed by atoms with Crippen LogP contribution in [0.5, 0.6) is 0 Å². The quantitative estimate of drug-likeness (QED) is 0.710. The Labute approximate surface area is 157 Å². The van der Waals surface area contributed by atoms with Gasteiger partial charge in [-0.15, -0.1) is 0 Å². The van der Waals surface area contributed by atoms with E-state index in [1.54, 1.807) is 0 Å². The summed E-state index contributed by atoms with van der Waals surface area (Å²) in [6, 6.07) is 0.703. The smallest absolute Gasteiger partial charge is 0.383 e. The Hall–Kier alpha value is -1.96. The van der Waals surface area contributed by atoms with Gasteiger partial charge in [0.15, 0.2) is 6.04 Å². The highest BCUT2D eigenvalue weighted by atomic mass is 35.5. The molecule has 1 aliphatic heterocycles. The monoisotopic (exact) mass is 434 g/mol. The summed E-state index contributed by atoms with van der Waals surface area (Å²) in [5, 5.41) is 7.99. The second-order valence-corrected chi connectivity index (χ2v) is 6.07. The summed E-state index contributed by atoms with van der Waals surface area (Å²) in [4.78, 5) is 11.8. The van der Waals surface area contributed by atoms with Crippen LogP contribution in [0.3, 0.4) is 0 Å². The fraction of sp³-hybridized carbons (Fsp3) is 0.231. The van der Waals surface area contributed by atoms with Gasteiger partial charge in [-0.05, 0) is 12.1 Å². The molecule has 0 radical (unpaired) electrons. The average Bonchev–Trinajstić information content (AvgIpc) is 2.77. The molecule has 2 rings (SSSR count). The van der Waals surface area contributed by atoms with Gasteiger partial charge in [-0.1, -0.05) is 34.8 Å². The molecule has 1 aromatic rings. The highest BCUT2D eigenvalue weighted by molar-refractivity contribution is 6.39. The number of nitrogens with two attached hydrogens (primary N) is 1. The molecule has 0 aromatic heterocycles. The molecule has 1 unspecified atom stereocenters. The van der Waals surface area contributed by atoms with E-state index in [9.17, 15) is 26.7 Å². The van der Waals surface area contributed by atoms with Gasteiger partial charge >= 0.3 is 18.5 Å². The van der Waals surface area contributed by atoms with E-state index >= 15 is 0 Å². The van der Waals surface area contributed by atoms with Crippen LogP contribution in [0.2, 0.25) is 10.0 Å². The first-order valence-electron chi connectivity index (χ1n) is 6.44. The van der Waals surface area contributed by atoms with Crippen molar-refractivity contribution in [3.63, 3.8) is 0 Å². The fourth-order valence-electron chi connectivity index (χ4n) is 2.18. The molecule has 0 saturated heterocycles. The Balaban J connectivity index is 2.68. The van der Waals surface area contributed by atoms with Crippen molar-refractivity contribution in [2.24, 2.45) is 5.73 Å². The minimum Gasteiger partial charge on any atom is -0.383 e. The minimum atomic E-state index is -4.79. The summed E-state index contributed by atoms with van der Waals surface area (Å²) in [5.74, 6) is -2.43. The van der Waals surface area contributed by atoms with Crippen LogP contribution in [0.1, 0.15) is 5.56 Å². The number of hydrogen-bond donors (Lipinski definition) is 1. The van der Waals surface area contributed by atoms with Gasteiger partial charge in [0.2, 0.25) is 0 Å². The summed E-state index contributed by atoms with van der Waals surface area (Å²) in [6.45, 7) is 0. The van der Waals surface area contributed by atoms with Gasteiger partial charge in [0.1, 0.15) is 11.5 Å². The maximum Gasteiger partial charge on any atom is 0.416 e. The molecule has 1 aliphatic rings. The van der Waals surface area contributed by atoms with E-state index in [0.29, 0.717) is 17.1 Å². The molecule has 26 heavy (non-hydrogen) atoms. The number of anilines is 1. The van der Waals surface area contributed by atoms with Crippen molar-refractivity contribution in [3.8, 4) is 6.07 Å². The Morgan fingerprint density at radius 3 is 2.12 bits per heavy atom. The molecule has 1 aromatic carbocycles. The lowest BCUT2D eigenvalue weighted by molar-refractivity contribution is -0.143. The largest absolute Gasteiger partial charge is 0.416 e. The van der Waals surface area contributed by atoms with Crippen LogP contribution in [-0.2, 0) is 11.0 Å². The van der Waals surface area contributed by atoms with Crippen LogP contribution >= 0.6 is 34.8 Å². The molecule has 0 bridgehead atoms. The maximum atomic E-state index is 12.9. The van der Waals surface area contributed by atoms with E-state index in [4.69, 9.17) is 45.8 Å². The van der Waals surface area contributed by atoms with Crippen molar-refractivity contribution in [3.05, 3.63) is 38.6 Å². The predicted molar refractivity (Wildman–Crippen MR) is 83.3 cm³/mol. The second-order valence-electron chi connectivity index (χ2n) is 4.85. The molecule has 0 spiro atoms. The summed E-state index contributed by atoms with van der Waals surface area (Å²) in [6.07, 6.45) is -8.35. The van der Waals surface area contributed by atoms with Crippen molar-refractivity contribution < 1.29 is 26.7 Å². The van der Waals surface area contributed by atoms with Crippen LogP contribution in [-0.4, -0.2) is 23.4 Å². The van der Waals surface area contributed by atoms with Gasteiger partial charge in [0, 0.05) is 0 Å². The van der Waals surface area contributed by atoms with E-state index in [-0.39, 0.29) is 5.01 Å². The molecule has 0 saturated carbocycles. The molecule has 0 aliphatic carbocycles. The number of nitrogens with zero attached hydrogens (tertiary/aromatic N) is 3. The third-order valence-corrected chi connectivity index (χ3v) is 4.24. The van der Waals surface area contributed by atoms with Crippen LogP contribution in [0.25, 0.3) is 0 Å². The zero-order chi connectivity index (χ0) is 20.0. The lowest BCUT2D eigenvalue weighted by atomic mass is 10.2. The second kappa shape index (κ2) is 6.98. The number of nitriles is 1. The SMILES string of the molecule is N#CC1C(Cl)=C(N)N(c2c(Cl)cc(C(F)(F)F)cc2Cl)N1C(=O)C(F)F. The Bertz CT molecular complexity index is 813.